The molecule has 1 atom stereocenters. The molecule has 0 saturated heterocycles. The molecule has 0 aliphatic rings. The predicted octanol–water partition coefficient (Wildman–Crippen LogP) is 5.61. The topological polar surface area (TPSA) is 58.6 Å². The highest BCUT2D eigenvalue weighted by Gasteiger charge is 2.29. The van der Waals surface area contributed by atoms with Gasteiger partial charge in [0.15, 0.2) is 6.61 Å². The number of carbonyl (C=O) groups is 2. The van der Waals surface area contributed by atoms with Gasteiger partial charge in [0.1, 0.15) is 11.8 Å². The van der Waals surface area contributed by atoms with Crippen LogP contribution >= 0.6 is 34.8 Å². The van der Waals surface area contributed by atoms with Crippen LogP contribution in [-0.4, -0.2) is 35.9 Å². The lowest BCUT2D eigenvalue weighted by molar-refractivity contribution is -0.143. The summed E-state index contributed by atoms with van der Waals surface area (Å²) in [5, 5.41) is 4.22. The van der Waals surface area contributed by atoms with Crippen LogP contribution in [0.25, 0.3) is 0 Å². The minimum absolute atomic E-state index is 0.184. The zero-order chi connectivity index (χ0) is 23.0. The molecule has 2 rings (SSSR count). The van der Waals surface area contributed by atoms with Crippen molar-refractivity contribution in [2.75, 3.05) is 13.2 Å². The van der Waals surface area contributed by atoms with Gasteiger partial charge in [-0.2, -0.15) is 0 Å². The molecule has 5 nitrogen and oxygen atoms in total. The quantitative estimate of drug-likeness (QED) is 0.476. The van der Waals surface area contributed by atoms with E-state index in [9.17, 15) is 9.59 Å². The summed E-state index contributed by atoms with van der Waals surface area (Å²) in [7, 11) is 0. The van der Waals surface area contributed by atoms with E-state index >= 15 is 0 Å². The standard InChI is InChI=1S/C23H27Cl3N2O3/c1-4-20(23(30)27-12-15(2)3)28(13-16-7-5-6-8-18(16)25)22(29)14-31-21-10-9-17(24)11-19(21)26/h5-11,15,20H,4,12-14H2,1-3H3,(H,27,30). The Morgan fingerprint density at radius 1 is 1.06 bits per heavy atom. The average molecular weight is 486 g/mol. The minimum Gasteiger partial charge on any atom is -0.482 e. The van der Waals surface area contributed by atoms with Gasteiger partial charge in [-0.15, -0.1) is 0 Å². The first-order valence-electron chi connectivity index (χ1n) is 10.1. The molecular formula is C23H27Cl3N2O3. The van der Waals surface area contributed by atoms with E-state index in [1.807, 2.05) is 39.0 Å². The molecule has 2 amide bonds. The lowest BCUT2D eigenvalue weighted by Crippen LogP contribution is -2.50. The van der Waals surface area contributed by atoms with Crippen LogP contribution in [0.2, 0.25) is 15.1 Å². The van der Waals surface area contributed by atoms with E-state index < -0.39 is 6.04 Å². The number of nitrogens with one attached hydrogen (secondary N) is 1. The van der Waals surface area contributed by atoms with Crippen molar-refractivity contribution < 1.29 is 14.3 Å². The van der Waals surface area contributed by atoms with Gasteiger partial charge in [-0.1, -0.05) is 73.8 Å². The molecule has 1 unspecified atom stereocenters. The lowest BCUT2D eigenvalue weighted by atomic mass is 10.1. The Morgan fingerprint density at radius 3 is 2.39 bits per heavy atom. The fraction of sp³-hybridized carbons (Fsp3) is 0.391. The van der Waals surface area contributed by atoms with E-state index in [1.165, 1.54) is 4.90 Å². The van der Waals surface area contributed by atoms with Crippen LogP contribution in [0.5, 0.6) is 5.75 Å². The van der Waals surface area contributed by atoms with Gasteiger partial charge in [-0.05, 0) is 42.2 Å². The van der Waals surface area contributed by atoms with Crippen molar-refractivity contribution in [2.45, 2.75) is 39.8 Å². The third kappa shape index (κ3) is 7.60. The molecule has 2 aromatic rings. The summed E-state index contributed by atoms with van der Waals surface area (Å²) in [6.07, 6.45) is 0.446. The Morgan fingerprint density at radius 2 is 1.77 bits per heavy atom. The first-order valence-corrected chi connectivity index (χ1v) is 11.2. The SMILES string of the molecule is CCC(C(=O)NCC(C)C)N(Cc1ccccc1Cl)C(=O)COc1ccc(Cl)cc1Cl. The maximum absolute atomic E-state index is 13.2. The van der Waals surface area contributed by atoms with Gasteiger partial charge in [-0.25, -0.2) is 0 Å². The van der Waals surface area contributed by atoms with Gasteiger partial charge >= 0.3 is 0 Å². The first kappa shape index (κ1) is 25.3. The second kappa shape index (κ2) is 12.2. The Bertz CT molecular complexity index is 905. The number of amides is 2. The van der Waals surface area contributed by atoms with Crippen LogP contribution in [0.4, 0.5) is 0 Å². The largest absolute Gasteiger partial charge is 0.482 e. The van der Waals surface area contributed by atoms with E-state index in [1.54, 1.807) is 24.3 Å². The van der Waals surface area contributed by atoms with Crippen molar-refractivity contribution in [3.8, 4) is 5.75 Å². The second-order valence-electron chi connectivity index (χ2n) is 7.54. The summed E-state index contributed by atoms with van der Waals surface area (Å²) in [6.45, 7) is 6.32. The van der Waals surface area contributed by atoms with E-state index in [0.29, 0.717) is 39.7 Å². The van der Waals surface area contributed by atoms with Crippen molar-refractivity contribution in [3.05, 3.63) is 63.1 Å². The van der Waals surface area contributed by atoms with Crippen LogP contribution < -0.4 is 10.1 Å². The highest BCUT2D eigenvalue weighted by Crippen LogP contribution is 2.28. The zero-order valence-corrected chi connectivity index (χ0v) is 20.1. The maximum Gasteiger partial charge on any atom is 0.261 e. The number of carbonyl (C=O) groups excluding carboxylic acids is 2. The van der Waals surface area contributed by atoms with E-state index in [-0.39, 0.29) is 25.0 Å². The Labute approximate surface area is 198 Å². The predicted molar refractivity (Wildman–Crippen MR) is 126 cm³/mol. The molecule has 0 radical (unpaired) electrons. The summed E-state index contributed by atoms with van der Waals surface area (Å²) in [4.78, 5) is 27.5. The zero-order valence-electron chi connectivity index (χ0n) is 17.8. The second-order valence-corrected chi connectivity index (χ2v) is 8.79. The molecule has 0 fully saturated rings. The number of benzene rings is 2. The highest BCUT2D eigenvalue weighted by molar-refractivity contribution is 6.35. The molecule has 0 aromatic heterocycles. The molecule has 0 bridgehead atoms. The van der Waals surface area contributed by atoms with Crippen molar-refractivity contribution >= 4 is 46.6 Å². The molecule has 168 valence electrons. The van der Waals surface area contributed by atoms with Crippen molar-refractivity contribution in [1.29, 1.82) is 0 Å². The number of halogens is 3. The van der Waals surface area contributed by atoms with Gasteiger partial charge in [0.05, 0.1) is 5.02 Å². The number of ether oxygens (including phenoxy) is 1. The van der Waals surface area contributed by atoms with Gasteiger partial charge in [-0.3, -0.25) is 9.59 Å². The highest BCUT2D eigenvalue weighted by atomic mass is 35.5. The number of hydrogen-bond acceptors (Lipinski definition) is 3. The van der Waals surface area contributed by atoms with Gasteiger partial charge < -0.3 is 15.0 Å². The fourth-order valence-electron chi connectivity index (χ4n) is 2.97. The van der Waals surface area contributed by atoms with Crippen LogP contribution in [0.15, 0.2) is 42.5 Å². The molecule has 0 aliphatic carbocycles. The smallest absolute Gasteiger partial charge is 0.261 e. The Kier molecular flexibility index (Phi) is 9.94. The monoisotopic (exact) mass is 484 g/mol. The van der Waals surface area contributed by atoms with E-state index in [2.05, 4.69) is 5.32 Å². The molecule has 31 heavy (non-hydrogen) atoms. The van der Waals surface area contributed by atoms with Crippen LogP contribution in [0.1, 0.15) is 32.8 Å². The summed E-state index contributed by atoms with van der Waals surface area (Å²) in [5.74, 6) is 0.0811. The van der Waals surface area contributed by atoms with Crippen molar-refractivity contribution in [3.63, 3.8) is 0 Å². The summed E-state index contributed by atoms with van der Waals surface area (Å²) in [5.41, 5.74) is 0.747. The van der Waals surface area contributed by atoms with Crippen molar-refractivity contribution in [1.82, 2.24) is 10.2 Å². The van der Waals surface area contributed by atoms with Crippen LogP contribution in [0, 0.1) is 5.92 Å². The van der Waals surface area contributed by atoms with Gasteiger partial charge in [0.2, 0.25) is 5.91 Å². The van der Waals surface area contributed by atoms with Gasteiger partial charge in [0, 0.05) is 23.1 Å². The normalized spacial score (nSPS) is 11.8. The Hall–Kier alpha value is -1.95. The summed E-state index contributed by atoms with van der Waals surface area (Å²) in [6, 6.07) is 11.3. The van der Waals surface area contributed by atoms with Gasteiger partial charge in [0.25, 0.3) is 5.91 Å². The molecule has 0 aliphatic heterocycles. The molecular weight excluding hydrogens is 459 g/mol. The average Bonchev–Trinajstić information content (AvgIpc) is 2.72. The van der Waals surface area contributed by atoms with Crippen LogP contribution in [0.3, 0.4) is 0 Å². The molecule has 8 heteroatoms. The maximum atomic E-state index is 13.2. The summed E-state index contributed by atoms with van der Waals surface area (Å²) < 4.78 is 5.63. The third-order valence-corrected chi connectivity index (χ3v) is 5.51. The number of nitrogens with zero attached hydrogens (tertiary/aromatic N) is 1. The molecule has 0 spiro atoms. The number of hydrogen-bond donors (Lipinski definition) is 1. The molecule has 2 aromatic carbocycles. The van der Waals surface area contributed by atoms with E-state index in [4.69, 9.17) is 39.5 Å². The number of rotatable bonds is 10. The molecule has 0 saturated carbocycles. The first-order chi connectivity index (χ1) is 14.7. The van der Waals surface area contributed by atoms with Crippen molar-refractivity contribution in [2.24, 2.45) is 5.92 Å². The lowest BCUT2D eigenvalue weighted by Gasteiger charge is -2.31. The molecule has 1 N–H and O–H groups in total. The fourth-order valence-corrected chi connectivity index (χ4v) is 3.63. The van der Waals surface area contributed by atoms with Crippen LogP contribution in [-0.2, 0) is 16.1 Å². The molecule has 0 heterocycles. The summed E-state index contributed by atoms with van der Waals surface area (Å²) >= 11 is 18.4. The van der Waals surface area contributed by atoms with E-state index in [0.717, 1.165) is 5.56 Å². The third-order valence-electron chi connectivity index (χ3n) is 4.61. The Balaban J connectivity index is 2.23. The minimum atomic E-state index is -0.660.